The van der Waals surface area contributed by atoms with Crippen LogP contribution in [0.15, 0.2) is 50.7 Å². The molecule has 0 saturated heterocycles. The van der Waals surface area contributed by atoms with Crippen LogP contribution in [0.4, 0.5) is 0 Å². The molecule has 2 rings (SSSR count). The standard InChI is InChI=1S/C16H18BrNS/c1-11-4-6-15(8-12(11)2)19-16-7-5-14(17)9-13(16)10-18-3/h4-9,18H,10H2,1-3H3. The van der Waals surface area contributed by atoms with E-state index >= 15 is 0 Å². The number of aryl methyl sites for hydroxylation is 2. The van der Waals surface area contributed by atoms with Gasteiger partial charge in [0, 0.05) is 20.8 Å². The second-order valence-electron chi connectivity index (χ2n) is 4.63. The normalized spacial score (nSPS) is 10.7. The van der Waals surface area contributed by atoms with Gasteiger partial charge in [-0.25, -0.2) is 0 Å². The van der Waals surface area contributed by atoms with E-state index in [4.69, 9.17) is 0 Å². The van der Waals surface area contributed by atoms with Gasteiger partial charge in [-0.1, -0.05) is 33.8 Å². The van der Waals surface area contributed by atoms with E-state index < -0.39 is 0 Å². The highest BCUT2D eigenvalue weighted by Gasteiger charge is 2.05. The van der Waals surface area contributed by atoms with Gasteiger partial charge in [-0.15, -0.1) is 0 Å². The van der Waals surface area contributed by atoms with Gasteiger partial charge in [-0.05, 0) is 67.9 Å². The molecule has 0 spiro atoms. The minimum absolute atomic E-state index is 0.882. The van der Waals surface area contributed by atoms with Crippen LogP contribution in [0.1, 0.15) is 16.7 Å². The average molecular weight is 336 g/mol. The molecule has 0 aliphatic carbocycles. The van der Waals surface area contributed by atoms with Crippen LogP contribution < -0.4 is 5.32 Å². The van der Waals surface area contributed by atoms with Gasteiger partial charge in [0.2, 0.25) is 0 Å². The van der Waals surface area contributed by atoms with Gasteiger partial charge in [-0.3, -0.25) is 0 Å². The molecule has 3 heteroatoms. The third kappa shape index (κ3) is 3.85. The Kier molecular flexibility index (Phi) is 5.08. The quantitative estimate of drug-likeness (QED) is 0.849. The van der Waals surface area contributed by atoms with Gasteiger partial charge in [-0.2, -0.15) is 0 Å². The molecule has 0 aliphatic heterocycles. The topological polar surface area (TPSA) is 12.0 Å². The molecular weight excluding hydrogens is 318 g/mol. The van der Waals surface area contributed by atoms with Crippen molar-refractivity contribution in [2.45, 2.75) is 30.2 Å². The molecule has 0 fully saturated rings. The number of hydrogen-bond donors (Lipinski definition) is 1. The van der Waals surface area contributed by atoms with Gasteiger partial charge >= 0.3 is 0 Å². The molecule has 2 aromatic carbocycles. The zero-order valence-electron chi connectivity index (χ0n) is 11.5. The van der Waals surface area contributed by atoms with E-state index in [2.05, 4.69) is 71.5 Å². The number of nitrogens with one attached hydrogen (secondary N) is 1. The third-order valence-corrected chi connectivity index (χ3v) is 4.70. The minimum Gasteiger partial charge on any atom is -0.316 e. The van der Waals surface area contributed by atoms with E-state index in [1.807, 2.05) is 18.8 Å². The zero-order chi connectivity index (χ0) is 13.8. The summed E-state index contributed by atoms with van der Waals surface area (Å²) in [5.41, 5.74) is 4.01. The lowest BCUT2D eigenvalue weighted by Crippen LogP contribution is -2.06. The van der Waals surface area contributed by atoms with Crippen molar-refractivity contribution in [1.82, 2.24) is 5.32 Å². The van der Waals surface area contributed by atoms with Crippen LogP contribution in [-0.4, -0.2) is 7.05 Å². The lowest BCUT2D eigenvalue weighted by molar-refractivity contribution is 0.802. The van der Waals surface area contributed by atoms with Crippen LogP contribution in [0.2, 0.25) is 0 Å². The Bertz CT molecular complexity index is 581. The van der Waals surface area contributed by atoms with Crippen molar-refractivity contribution in [2.24, 2.45) is 0 Å². The first-order valence-electron chi connectivity index (χ1n) is 6.28. The maximum Gasteiger partial charge on any atom is 0.0214 e. The van der Waals surface area contributed by atoms with E-state index in [1.165, 1.54) is 26.5 Å². The predicted molar refractivity (Wildman–Crippen MR) is 86.9 cm³/mol. The number of benzene rings is 2. The molecule has 19 heavy (non-hydrogen) atoms. The van der Waals surface area contributed by atoms with Crippen molar-refractivity contribution in [1.29, 1.82) is 0 Å². The smallest absolute Gasteiger partial charge is 0.0214 e. The molecule has 0 aliphatic rings. The number of rotatable bonds is 4. The van der Waals surface area contributed by atoms with Gasteiger partial charge in [0.25, 0.3) is 0 Å². The molecule has 0 radical (unpaired) electrons. The van der Waals surface area contributed by atoms with Gasteiger partial charge < -0.3 is 5.32 Å². The molecule has 0 saturated carbocycles. The highest BCUT2D eigenvalue weighted by atomic mass is 79.9. The maximum absolute atomic E-state index is 3.54. The molecular formula is C16H18BrNS. The zero-order valence-corrected chi connectivity index (χ0v) is 13.9. The van der Waals surface area contributed by atoms with Crippen LogP contribution in [-0.2, 0) is 6.54 Å². The van der Waals surface area contributed by atoms with E-state index in [1.54, 1.807) is 0 Å². The Morgan fingerprint density at radius 2 is 1.84 bits per heavy atom. The summed E-state index contributed by atoms with van der Waals surface area (Å²) in [5.74, 6) is 0. The summed E-state index contributed by atoms with van der Waals surface area (Å²) in [4.78, 5) is 2.60. The summed E-state index contributed by atoms with van der Waals surface area (Å²) in [6.07, 6.45) is 0. The van der Waals surface area contributed by atoms with Crippen molar-refractivity contribution in [3.8, 4) is 0 Å². The maximum atomic E-state index is 3.54. The molecule has 1 nitrogen and oxygen atoms in total. The van der Waals surface area contributed by atoms with Gasteiger partial charge in [0.15, 0.2) is 0 Å². The van der Waals surface area contributed by atoms with E-state index in [9.17, 15) is 0 Å². The number of hydrogen-bond acceptors (Lipinski definition) is 2. The summed E-state index contributed by atoms with van der Waals surface area (Å²) in [6.45, 7) is 5.19. The van der Waals surface area contributed by atoms with Crippen molar-refractivity contribution >= 4 is 27.7 Å². The number of halogens is 1. The molecule has 100 valence electrons. The fourth-order valence-electron chi connectivity index (χ4n) is 1.88. The fourth-order valence-corrected chi connectivity index (χ4v) is 3.31. The fraction of sp³-hybridized carbons (Fsp3) is 0.250. The summed E-state index contributed by atoms with van der Waals surface area (Å²) in [5, 5.41) is 3.22. The molecule has 0 aromatic heterocycles. The molecule has 0 atom stereocenters. The third-order valence-electron chi connectivity index (χ3n) is 3.10. The lowest BCUT2D eigenvalue weighted by Gasteiger charge is -2.10. The summed E-state index contributed by atoms with van der Waals surface area (Å²) < 4.78 is 1.13. The molecule has 2 aromatic rings. The van der Waals surface area contributed by atoms with E-state index in [0.29, 0.717) is 0 Å². The van der Waals surface area contributed by atoms with Crippen LogP contribution in [0.3, 0.4) is 0 Å². The first-order chi connectivity index (χ1) is 9.10. The summed E-state index contributed by atoms with van der Waals surface area (Å²) in [7, 11) is 1.98. The van der Waals surface area contributed by atoms with Crippen LogP contribution in [0, 0.1) is 13.8 Å². The summed E-state index contributed by atoms with van der Waals surface area (Å²) >= 11 is 5.36. The Hall–Kier alpha value is -0.770. The van der Waals surface area contributed by atoms with Crippen LogP contribution in [0.5, 0.6) is 0 Å². The van der Waals surface area contributed by atoms with Crippen LogP contribution >= 0.6 is 27.7 Å². The first kappa shape index (κ1) is 14.6. The molecule has 1 N–H and O–H groups in total. The SMILES string of the molecule is CNCc1cc(Br)ccc1Sc1ccc(C)c(C)c1. The predicted octanol–water partition coefficient (Wildman–Crippen LogP) is 4.94. The first-order valence-corrected chi connectivity index (χ1v) is 7.89. The molecule has 0 heterocycles. The highest BCUT2D eigenvalue weighted by molar-refractivity contribution is 9.10. The Balaban J connectivity index is 2.29. The monoisotopic (exact) mass is 335 g/mol. The molecule has 0 bridgehead atoms. The van der Waals surface area contributed by atoms with Gasteiger partial charge in [0.05, 0.1) is 0 Å². The molecule has 0 unspecified atom stereocenters. The Labute approximate surface area is 127 Å². The Morgan fingerprint density at radius 3 is 2.53 bits per heavy atom. The van der Waals surface area contributed by atoms with Crippen molar-refractivity contribution in [2.75, 3.05) is 7.05 Å². The van der Waals surface area contributed by atoms with Crippen molar-refractivity contribution in [3.05, 3.63) is 57.6 Å². The van der Waals surface area contributed by atoms with Crippen molar-refractivity contribution in [3.63, 3.8) is 0 Å². The summed E-state index contributed by atoms with van der Waals surface area (Å²) in [6, 6.07) is 13.1. The van der Waals surface area contributed by atoms with Crippen LogP contribution in [0.25, 0.3) is 0 Å². The minimum atomic E-state index is 0.882. The molecule has 0 amide bonds. The highest BCUT2D eigenvalue weighted by Crippen LogP contribution is 2.33. The Morgan fingerprint density at radius 1 is 1.05 bits per heavy atom. The van der Waals surface area contributed by atoms with Crippen molar-refractivity contribution < 1.29 is 0 Å². The van der Waals surface area contributed by atoms with E-state index in [0.717, 1.165) is 11.0 Å². The average Bonchev–Trinajstić information content (AvgIpc) is 2.37. The van der Waals surface area contributed by atoms with Gasteiger partial charge in [0.1, 0.15) is 0 Å². The lowest BCUT2D eigenvalue weighted by atomic mass is 10.1. The second kappa shape index (κ2) is 6.60. The second-order valence-corrected chi connectivity index (χ2v) is 6.66. The largest absolute Gasteiger partial charge is 0.316 e. The van der Waals surface area contributed by atoms with E-state index in [-0.39, 0.29) is 0 Å².